The van der Waals surface area contributed by atoms with Gasteiger partial charge in [0.2, 0.25) is 5.91 Å². The molecule has 1 fully saturated rings. The third kappa shape index (κ3) is 3.92. The van der Waals surface area contributed by atoms with Crippen LogP contribution in [0.15, 0.2) is 36.5 Å². The van der Waals surface area contributed by atoms with E-state index in [2.05, 4.69) is 15.6 Å². The lowest BCUT2D eigenvalue weighted by Gasteiger charge is -2.28. The van der Waals surface area contributed by atoms with Gasteiger partial charge < -0.3 is 20.6 Å². The molecule has 8 nitrogen and oxygen atoms in total. The highest BCUT2D eigenvalue weighted by Gasteiger charge is 2.23. The van der Waals surface area contributed by atoms with E-state index in [1.54, 1.807) is 29.2 Å². The number of pyridine rings is 1. The van der Waals surface area contributed by atoms with Crippen LogP contribution in [-0.4, -0.2) is 47.5 Å². The first kappa shape index (κ1) is 17.7. The number of nitrogens with one attached hydrogen (secondary N) is 2. The van der Waals surface area contributed by atoms with Crippen molar-refractivity contribution in [3.05, 3.63) is 52.7 Å². The summed E-state index contributed by atoms with van der Waals surface area (Å²) in [4.78, 5) is 41.1. The maximum atomic E-state index is 12.2. The second kappa shape index (κ2) is 7.40. The topological polar surface area (TPSA) is 112 Å². The molecule has 0 spiro atoms. The highest BCUT2D eigenvalue weighted by atomic mass is 35.5. The van der Waals surface area contributed by atoms with Crippen LogP contribution in [0.2, 0.25) is 5.02 Å². The summed E-state index contributed by atoms with van der Waals surface area (Å²) in [6.45, 7) is 0.897. The second-order valence-electron chi connectivity index (χ2n) is 5.63. The molecule has 2 heterocycles. The van der Waals surface area contributed by atoms with E-state index in [1.165, 1.54) is 12.3 Å². The molecule has 1 aliphatic rings. The van der Waals surface area contributed by atoms with Gasteiger partial charge in [0.05, 0.1) is 18.4 Å². The van der Waals surface area contributed by atoms with Gasteiger partial charge in [-0.25, -0.2) is 9.78 Å². The van der Waals surface area contributed by atoms with Crippen LogP contribution >= 0.6 is 11.6 Å². The molecule has 0 radical (unpaired) electrons. The summed E-state index contributed by atoms with van der Waals surface area (Å²) < 4.78 is 0. The Morgan fingerprint density at radius 1 is 1.27 bits per heavy atom. The van der Waals surface area contributed by atoms with E-state index in [-0.39, 0.29) is 29.5 Å². The minimum absolute atomic E-state index is 0.0315. The van der Waals surface area contributed by atoms with Crippen molar-refractivity contribution in [1.29, 1.82) is 0 Å². The van der Waals surface area contributed by atoms with Crippen molar-refractivity contribution in [2.45, 2.75) is 0 Å². The molecule has 1 aromatic carbocycles. The van der Waals surface area contributed by atoms with E-state index < -0.39 is 11.9 Å². The van der Waals surface area contributed by atoms with E-state index >= 15 is 0 Å². The lowest BCUT2D eigenvalue weighted by atomic mass is 10.2. The zero-order chi connectivity index (χ0) is 18.7. The van der Waals surface area contributed by atoms with E-state index in [0.29, 0.717) is 23.7 Å². The number of amides is 2. The van der Waals surface area contributed by atoms with Gasteiger partial charge in [-0.3, -0.25) is 9.59 Å². The van der Waals surface area contributed by atoms with E-state index in [4.69, 9.17) is 11.6 Å². The number of hydrogen-bond acceptors (Lipinski definition) is 5. The number of piperazine rings is 1. The zero-order valence-corrected chi connectivity index (χ0v) is 14.3. The lowest BCUT2D eigenvalue weighted by molar-refractivity contribution is -0.120. The average molecular weight is 375 g/mol. The quantitative estimate of drug-likeness (QED) is 0.749. The van der Waals surface area contributed by atoms with Gasteiger partial charge in [0, 0.05) is 23.7 Å². The van der Waals surface area contributed by atoms with Gasteiger partial charge >= 0.3 is 5.97 Å². The summed E-state index contributed by atoms with van der Waals surface area (Å²) in [7, 11) is 0. The molecule has 0 unspecified atom stereocenters. The first-order chi connectivity index (χ1) is 12.4. The van der Waals surface area contributed by atoms with Crippen molar-refractivity contribution in [2.75, 3.05) is 29.9 Å². The molecule has 1 aromatic heterocycles. The molecule has 0 aliphatic carbocycles. The molecule has 3 N–H and O–H groups in total. The summed E-state index contributed by atoms with van der Waals surface area (Å²) in [5.74, 6) is -1.61. The Bertz CT molecular complexity index is 870. The molecule has 0 atom stereocenters. The fraction of sp³-hybridized carbons (Fsp3) is 0.176. The van der Waals surface area contributed by atoms with E-state index in [0.717, 1.165) is 0 Å². The van der Waals surface area contributed by atoms with Gasteiger partial charge in [0.25, 0.3) is 5.91 Å². The smallest absolute Gasteiger partial charge is 0.339 e. The zero-order valence-electron chi connectivity index (χ0n) is 13.5. The molecule has 3 rings (SSSR count). The van der Waals surface area contributed by atoms with Crippen LogP contribution < -0.4 is 15.5 Å². The predicted octanol–water partition coefficient (Wildman–Crippen LogP) is 1.62. The number of halogens is 1. The van der Waals surface area contributed by atoms with Crippen LogP contribution in [0, 0.1) is 0 Å². The summed E-state index contributed by atoms with van der Waals surface area (Å²) in [6, 6.07) is 7.61. The lowest BCUT2D eigenvalue weighted by Crippen LogP contribution is -2.48. The molecular formula is C17H15ClN4O4. The molecule has 9 heteroatoms. The van der Waals surface area contributed by atoms with Crippen molar-refractivity contribution in [1.82, 2.24) is 10.3 Å². The Labute approximate surface area is 153 Å². The van der Waals surface area contributed by atoms with Crippen molar-refractivity contribution in [3.8, 4) is 0 Å². The number of carbonyl (C=O) groups excluding carboxylic acids is 2. The third-order valence-corrected chi connectivity index (χ3v) is 4.05. The molecule has 26 heavy (non-hydrogen) atoms. The fourth-order valence-electron chi connectivity index (χ4n) is 2.56. The summed E-state index contributed by atoms with van der Waals surface area (Å²) >= 11 is 5.79. The SMILES string of the molecule is O=C1CN(c2ncc(NC(=O)c3ccc(Cl)cc3)cc2C(=O)O)CCN1. The van der Waals surface area contributed by atoms with Gasteiger partial charge in [-0.2, -0.15) is 0 Å². The molecule has 0 bridgehead atoms. The minimum Gasteiger partial charge on any atom is -0.478 e. The predicted molar refractivity (Wildman–Crippen MR) is 95.8 cm³/mol. The number of aromatic nitrogens is 1. The van der Waals surface area contributed by atoms with Gasteiger partial charge in [0.1, 0.15) is 11.4 Å². The number of anilines is 2. The maximum absolute atomic E-state index is 12.2. The monoisotopic (exact) mass is 374 g/mol. The highest BCUT2D eigenvalue weighted by Crippen LogP contribution is 2.22. The number of carboxylic acids is 1. The van der Waals surface area contributed by atoms with Gasteiger partial charge in [-0.1, -0.05) is 11.6 Å². The molecular weight excluding hydrogens is 360 g/mol. The Balaban J connectivity index is 1.84. The standard InChI is InChI=1S/C17H15ClN4O4/c18-11-3-1-10(2-4-11)16(24)21-12-7-13(17(25)26)15(20-8-12)22-6-5-19-14(23)9-22/h1-4,7-8H,5-6,9H2,(H,19,23)(H,21,24)(H,25,26). The Morgan fingerprint density at radius 2 is 2.00 bits per heavy atom. The third-order valence-electron chi connectivity index (χ3n) is 3.80. The molecule has 0 saturated carbocycles. The maximum Gasteiger partial charge on any atom is 0.339 e. The number of carbonyl (C=O) groups is 3. The number of benzene rings is 1. The molecule has 2 amide bonds. The summed E-state index contributed by atoms with van der Waals surface area (Å²) in [5, 5.41) is 15.3. The van der Waals surface area contributed by atoms with E-state index in [9.17, 15) is 19.5 Å². The van der Waals surface area contributed by atoms with Crippen molar-refractivity contribution in [2.24, 2.45) is 0 Å². The first-order valence-corrected chi connectivity index (χ1v) is 8.14. The Morgan fingerprint density at radius 3 is 2.65 bits per heavy atom. The minimum atomic E-state index is -1.19. The molecule has 1 aliphatic heterocycles. The van der Waals surface area contributed by atoms with Crippen molar-refractivity contribution in [3.63, 3.8) is 0 Å². The normalized spacial score (nSPS) is 13.9. The van der Waals surface area contributed by atoms with Crippen LogP contribution in [0.4, 0.5) is 11.5 Å². The number of nitrogens with zero attached hydrogens (tertiary/aromatic N) is 2. The summed E-state index contributed by atoms with van der Waals surface area (Å²) in [5.41, 5.74) is 0.532. The molecule has 1 saturated heterocycles. The van der Waals surface area contributed by atoms with Gasteiger partial charge in [-0.15, -0.1) is 0 Å². The number of carboxylic acid groups (broad SMARTS) is 1. The number of hydrogen-bond donors (Lipinski definition) is 3. The average Bonchev–Trinajstić information content (AvgIpc) is 2.62. The Kier molecular flexibility index (Phi) is 5.04. The fourth-order valence-corrected chi connectivity index (χ4v) is 2.69. The van der Waals surface area contributed by atoms with Gasteiger partial charge in [0.15, 0.2) is 0 Å². The number of aromatic carboxylic acids is 1. The van der Waals surface area contributed by atoms with Crippen LogP contribution in [-0.2, 0) is 4.79 Å². The van der Waals surface area contributed by atoms with Crippen LogP contribution in [0.5, 0.6) is 0 Å². The first-order valence-electron chi connectivity index (χ1n) is 7.76. The summed E-state index contributed by atoms with van der Waals surface area (Å²) in [6.07, 6.45) is 1.36. The van der Waals surface area contributed by atoms with E-state index in [1.807, 2.05) is 0 Å². The molecule has 134 valence electrons. The van der Waals surface area contributed by atoms with Crippen LogP contribution in [0.25, 0.3) is 0 Å². The van der Waals surface area contributed by atoms with Crippen molar-refractivity contribution < 1.29 is 19.5 Å². The van der Waals surface area contributed by atoms with Crippen molar-refractivity contribution >= 4 is 40.9 Å². The largest absolute Gasteiger partial charge is 0.478 e. The van der Waals surface area contributed by atoms with Gasteiger partial charge in [-0.05, 0) is 30.3 Å². The van der Waals surface area contributed by atoms with Crippen LogP contribution in [0.3, 0.4) is 0 Å². The number of rotatable bonds is 4. The Hall–Kier alpha value is -3.13. The molecule has 2 aromatic rings. The van der Waals surface area contributed by atoms with Crippen LogP contribution in [0.1, 0.15) is 20.7 Å². The second-order valence-corrected chi connectivity index (χ2v) is 6.07. The highest BCUT2D eigenvalue weighted by molar-refractivity contribution is 6.30.